The van der Waals surface area contributed by atoms with Crippen LogP contribution in [0.4, 0.5) is 0 Å². The van der Waals surface area contributed by atoms with Crippen LogP contribution in [0, 0.1) is 11.3 Å². The van der Waals surface area contributed by atoms with E-state index >= 15 is 0 Å². The number of carbonyl (C=O) groups excluding carboxylic acids is 2. The SMILES string of the molecule is COC(=O)[C@@]12C[C@@H](C=C(C)C)C[C@@](C)(C1)OC2=O. The minimum atomic E-state index is -1.08. The first-order valence-electron chi connectivity index (χ1n) is 6.28. The van der Waals surface area contributed by atoms with Crippen LogP contribution in [0.3, 0.4) is 0 Å². The van der Waals surface area contributed by atoms with Gasteiger partial charge in [-0.3, -0.25) is 9.59 Å². The Morgan fingerprint density at radius 2 is 2.11 bits per heavy atom. The second-order valence-electron chi connectivity index (χ2n) is 6.00. The zero-order valence-corrected chi connectivity index (χ0v) is 11.4. The Balaban J connectivity index is 2.37. The Kier molecular flexibility index (Phi) is 2.99. The second-order valence-corrected chi connectivity index (χ2v) is 6.00. The molecule has 0 aromatic carbocycles. The number of ether oxygens (including phenoxy) is 2. The Bertz CT molecular complexity index is 422. The van der Waals surface area contributed by atoms with Crippen molar-refractivity contribution in [1.82, 2.24) is 0 Å². The zero-order valence-electron chi connectivity index (χ0n) is 11.4. The molecule has 0 aromatic heterocycles. The van der Waals surface area contributed by atoms with Gasteiger partial charge in [0, 0.05) is 6.42 Å². The third-order valence-electron chi connectivity index (χ3n) is 3.86. The summed E-state index contributed by atoms with van der Waals surface area (Å²) in [5, 5.41) is 0. The summed E-state index contributed by atoms with van der Waals surface area (Å²) in [4.78, 5) is 24.1. The van der Waals surface area contributed by atoms with E-state index in [0.29, 0.717) is 12.8 Å². The summed E-state index contributed by atoms with van der Waals surface area (Å²) >= 11 is 0. The maximum absolute atomic E-state index is 12.1. The van der Waals surface area contributed by atoms with E-state index in [1.807, 2.05) is 20.8 Å². The van der Waals surface area contributed by atoms with Gasteiger partial charge in [-0.25, -0.2) is 0 Å². The van der Waals surface area contributed by atoms with E-state index in [4.69, 9.17) is 9.47 Å². The summed E-state index contributed by atoms with van der Waals surface area (Å²) in [6.07, 6.45) is 3.84. The molecule has 1 heterocycles. The van der Waals surface area contributed by atoms with Crippen molar-refractivity contribution in [2.75, 3.05) is 7.11 Å². The molecule has 0 unspecified atom stereocenters. The number of hydrogen-bond acceptors (Lipinski definition) is 4. The fourth-order valence-electron chi connectivity index (χ4n) is 3.44. The molecule has 3 atom stereocenters. The average Bonchev–Trinajstić information content (AvgIpc) is 2.43. The number of methoxy groups -OCH3 is 1. The van der Waals surface area contributed by atoms with Gasteiger partial charge in [0.05, 0.1) is 7.11 Å². The van der Waals surface area contributed by atoms with Crippen LogP contribution in [0.1, 0.15) is 40.0 Å². The van der Waals surface area contributed by atoms with Crippen LogP contribution >= 0.6 is 0 Å². The Hall–Kier alpha value is -1.32. The first-order chi connectivity index (χ1) is 8.31. The van der Waals surface area contributed by atoms with Gasteiger partial charge in [-0.2, -0.15) is 0 Å². The van der Waals surface area contributed by atoms with Gasteiger partial charge < -0.3 is 9.47 Å². The van der Waals surface area contributed by atoms with Crippen LogP contribution in [0.2, 0.25) is 0 Å². The standard InChI is InChI=1S/C14H20O4/c1-9(2)5-10-6-13(3)8-14(7-10,11(15)17-4)12(16)18-13/h5,10H,6-8H2,1-4H3/t10-,13-,14+/m0/s1. The molecule has 1 saturated heterocycles. The van der Waals surface area contributed by atoms with Gasteiger partial charge in [0.1, 0.15) is 5.60 Å². The summed E-state index contributed by atoms with van der Waals surface area (Å²) in [7, 11) is 1.32. The molecule has 0 amide bonds. The van der Waals surface area contributed by atoms with Gasteiger partial charge in [0.25, 0.3) is 0 Å². The second kappa shape index (κ2) is 4.11. The van der Waals surface area contributed by atoms with Crippen molar-refractivity contribution in [3.05, 3.63) is 11.6 Å². The highest BCUT2D eigenvalue weighted by Crippen LogP contribution is 2.53. The van der Waals surface area contributed by atoms with Gasteiger partial charge in [0.2, 0.25) is 0 Å². The number of allylic oxidation sites excluding steroid dienone is 2. The van der Waals surface area contributed by atoms with Crippen LogP contribution in [-0.2, 0) is 19.1 Å². The van der Waals surface area contributed by atoms with E-state index in [2.05, 4.69) is 6.08 Å². The fraction of sp³-hybridized carbons (Fsp3) is 0.714. The number of rotatable bonds is 2. The monoisotopic (exact) mass is 252 g/mol. The molecule has 1 saturated carbocycles. The molecule has 18 heavy (non-hydrogen) atoms. The van der Waals surface area contributed by atoms with Crippen LogP contribution in [-0.4, -0.2) is 24.6 Å². The highest BCUT2D eigenvalue weighted by molar-refractivity contribution is 6.02. The molecule has 0 aromatic rings. The van der Waals surface area contributed by atoms with E-state index in [9.17, 15) is 9.59 Å². The third-order valence-corrected chi connectivity index (χ3v) is 3.86. The van der Waals surface area contributed by atoms with E-state index in [-0.39, 0.29) is 5.92 Å². The maximum Gasteiger partial charge on any atom is 0.324 e. The number of hydrogen-bond donors (Lipinski definition) is 0. The molecule has 100 valence electrons. The van der Waals surface area contributed by atoms with E-state index < -0.39 is 23.0 Å². The van der Waals surface area contributed by atoms with Crippen molar-refractivity contribution in [1.29, 1.82) is 0 Å². The molecule has 4 heteroatoms. The molecule has 2 fully saturated rings. The van der Waals surface area contributed by atoms with Crippen LogP contribution < -0.4 is 0 Å². The maximum atomic E-state index is 12.1. The molecule has 4 nitrogen and oxygen atoms in total. The first kappa shape index (κ1) is 13.1. The molecule has 2 bridgehead atoms. The van der Waals surface area contributed by atoms with Crippen molar-refractivity contribution in [3.8, 4) is 0 Å². The van der Waals surface area contributed by atoms with Gasteiger partial charge >= 0.3 is 11.9 Å². The predicted octanol–water partition coefficient (Wildman–Crippen LogP) is 2.23. The Morgan fingerprint density at radius 3 is 2.67 bits per heavy atom. The number of carbonyl (C=O) groups is 2. The molecular formula is C14H20O4. The fourth-order valence-corrected chi connectivity index (χ4v) is 3.44. The van der Waals surface area contributed by atoms with Crippen LogP contribution in [0.15, 0.2) is 11.6 Å². The van der Waals surface area contributed by atoms with Crippen LogP contribution in [0.5, 0.6) is 0 Å². The van der Waals surface area contributed by atoms with Gasteiger partial charge in [-0.05, 0) is 39.5 Å². The smallest absolute Gasteiger partial charge is 0.324 e. The number of fused-ring (bicyclic) bond motifs is 2. The van der Waals surface area contributed by atoms with Crippen molar-refractivity contribution >= 4 is 11.9 Å². The molecular weight excluding hydrogens is 232 g/mol. The normalized spacial score (nSPS) is 38.0. The van der Waals surface area contributed by atoms with Gasteiger partial charge in [0.15, 0.2) is 5.41 Å². The van der Waals surface area contributed by atoms with Crippen molar-refractivity contribution in [3.63, 3.8) is 0 Å². The van der Waals surface area contributed by atoms with Gasteiger partial charge in [-0.1, -0.05) is 11.6 Å². The summed E-state index contributed by atoms with van der Waals surface area (Å²) < 4.78 is 10.3. The highest BCUT2D eigenvalue weighted by Gasteiger charge is 2.64. The molecule has 0 N–H and O–H groups in total. The summed E-state index contributed by atoms with van der Waals surface area (Å²) in [6.45, 7) is 5.94. The average molecular weight is 252 g/mol. The largest absolute Gasteiger partial charge is 0.468 e. The quantitative estimate of drug-likeness (QED) is 0.429. The Morgan fingerprint density at radius 1 is 1.44 bits per heavy atom. The van der Waals surface area contributed by atoms with Crippen molar-refractivity contribution in [2.24, 2.45) is 11.3 Å². The molecule has 1 aliphatic heterocycles. The first-order valence-corrected chi connectivity index (χ1v) is 6.28. The lowest BCUT2D eigenvalue weighted by atomic mass is 9.66. The zero-order chi connectivity index (χ0) is 13.6. The van der Waals surface area contributed by atoms with E-state index in [1.165, 1.54) is 12.7 Å². The highest BCUT2D eigenvalue weighted by atomic mass is 16.6. The lowest BCUT2D eigenvalue weighted by molar-refractivity contribution is -0.163. The lowest BCUT2D eigenvalue weighted by Crippen LogP contribution is -2.42. The van der Waals surface area contributed by atoms with Crippen LogP contribution in [0.25, 0.3) is 0 Å². The van der Waals surface area contributed by atoms with E-state index in [1.54, 1.807) is 0 Å². The topological polar surface area (TPSA) is 52.6 Å². The minimum absolute atomic E-state index is 0.194. The molecule has 2 aliphatic rings. The summed E-state index contributed by atoms with van der Waals surface area (Å²) in [5.74, 6) is -0.677. The van der Waals surface area contributed by atoms with Crippen molar-refractivity contribution < 1.29 is 19.1 Å². The number of esters is 2. The molecule has 0 spiro atoms. The Labute approximate surface area is 107 Å². The van der Waals surface area contributed by atoms with Crippen molar-refractivity contribution in [2.45, 2.75) is 45.6 Å². The summed E-state index contributed by atoms with van der Waals surface area (Å²) in [5.41, 5.74) is -0.421. The van der Waals surface area contributed by atoms with Gasteiger partial charge in [-0.15, -0.1) is 0 Å². The minimum Gasteiger partial charge on any atom is -0.468 e. The third kappa shape index (κ3) is 1.93. The predicted molar refractivity (Wildman–Crippen MR) is 65.7 cm³/mol. The van der Waals surface area contributed by atoms with E-state index in [0.717, 1.165) is 6.42 Å². The molecule has 2 rings (SSSR count). The lowest BCUT2D eigenvalue weighted by Gasteiger charge is -2.35. The molecule has 1 aliphatic carbocycles. The molecule has 0 radical (unpaired) electrons. The summed E-state index contributed by atoms with van der Waals surface area (Å²) in [6, 6.07) is 0.